The first-order chi connectivity index (χ1) is 13.1. The molecular formula is C20H32IN3O3S. The fraction of sp³-hybridized carbons (Fsp3) is 0.600. The highest BCUT2D eigenvalue weighted by molar-refractivity contribution is 14.0. The molecular weight excluding hydrogens is 489 g/mol. The summed E-state index contributed by atoms with van der Waals surface area (Å²) >= 11 is 0. The molecule has 0 heterocycles. The standard InChI is InChI=1S/C20H31N3O3S.HI/c1-4-27(25)18-7-5-6-17(14-18)23-20(21-2)22-13-12-15-8-10-16(11-9-15)19(24)26-3;/h8-11,17-18H,4-7,12-14H2,1-3H3,(H2,21,22,23);1H. The van der Waals surface area contributed by atoms with E-state index in [-0.39, 0.29) is 29.9 Å². The zero-order chi connectivity index (χ0) is 19.6. The number of hydrogen-bond donors (Lipinski definition) is 2. The van der Waals surface area contributed by atoms with Gasteiger partial charge in [-0.15, -0.1) is 24.0 Å². The Morgan fingerprint density at radius 2 is 2.00 bits per heavy atom. The molecule has 158 valence electrons. The van der Waals surface area contributed by atoms with Crippen LogP contribution in [0.25, 0.3) is 0 Å². The summed E-state index contributed by atoms with van der Waals surface area (Å²) in [6.07, 6.45) is 5.03. The first-order valence-electron chi connectivity index (χ1n) is 9.59. The molecule has 0 aliphatic heterocycles. The third-order valence-electron chi connectivity index (χ3n) is 4.93. The van der Waals surface area contributed by atoms with E-state index in [2.05, 4.69) is 15.6 Å². The van der Waals surface area contributed by atoms with Gasteiger partial charge in [-0.25, -0.2) is 4.79 Å². The second-order valence-electron chi connectivity index (χ2n) is 6.74. The van der Waals surface area contributed by atoms with Crippen molar-refractivity contribution < 1.29 is 13.7 Å². The Morgan fingerprint density at radius 3 is 2.61 bits per heavy atom. The van der Waals surface area contributed by atoms with Crippen molar-refractivity contribution in [1.29, 1.82) is 0 Å². The normalized spacial score (nSPS) is 20.6. The number of halogens is 1. The van der Waals surface area contributed by atoms with Gasteiger partial charge in [0, 0.05) is 41.4 Å². The summed E-state index contributed by atoms with van der Waals surface area (Å²) in [6.45, 7) is 2.74. The fourth-order valence-electron chi connectivity index (χ4n) is 3.39. The predicted molar refractivity (Wildman–Crippen MR) is 126 cm³/mol. The van der Waals surface area contributed by atoms with Crippen LogP contribution in [0.2, 0.25) is 0 Å². The first-order valence-corrected chi connectivity index (χ1v) is 11.0. The zero-order valence-electron chi connectivity index (χ0n) is 16.9. The molecule has 1 saturated carbocycles. The van der Waals surface area contributed by atoms with Crippen LogP contribution in [-0.4, -0.2) is 53.9 Å². The molecule has 28 heavy (non-hydrogen) atoms. The van der Waals surface area contributed by atoms with Gasteiger partial charge in [0.25, 0.3) is 0 Å². The predicted octanol–water partition coefficient (Wildman–Crippen LogP) is 2.88. The highest BCUT2D eigenvalue weighted by Crippen LogP contribution is 2.22. The van der Waals surface area contributed by atoms with Gasteiger partial charge in [-0.3, -0.25) is 9.20 Å². The lowest BCUT2D eigenvalue weighted by Gasteiger charge is -2.30. The number of nitrogens with zero attached hydrogens (tertiary/aromatic N) is 1. The molecule has 0 radical (unpaired) electrons. The van der Waals surface area contributed by atoms with Crippen LogP contribution < -0.4 is 10.6 Å². The molecule has 0 bridgehead atoms. The molecule has 1 aromatic rings. The van der Waals surface area contributed by atoms with Crippen molar-refractivity contribution in [2.45, 2.75) is 50.3 Å². The molecule has 6 nitrogen and oxygen atoms in total. The van der Waals surface area contributed by atoms with E-state index in [4.69, 9.17) is 4.74 Å². The van der Waals surface area contributed by atoms with Gasteiger partial charge in [0.2, 0.25) is 0 Å². The topological polar surface area (TPSA) is 79.8 Å². The van der Waals surface area contributed by atoms with E-state index >= 15 is 0 Å². The summed E-state index contributed by atoms with van der Waals surface area (Å²) < 4.78 is 16.8. The number of guanidine groups is 1. The molecule has 3 atom stereocenters. The largest absolute Gasteiger partial charge is 0.465 e. The average molecular weight is 521 g/mol. The minimum atomic E-state index is -0.721. The second kappa shape index (κ2) is 13.1. The molecule has 0 aromatic heterocycles. The molecule has 2 rings (SSSR count). The lowest BCUT2D eigenvalue weighted by Crippen LogP contribution is -2.47. The van der Waals surface area contributed by atoms with Crippen LogP contribution in [0.5, 0.6) is 0 Å². The van der Waals surface area contributed by atoms with Gasteiger partial charge in [-0.2, -0.15) is 0 Å². The van der Waals surface area contributed by atoms with Gasteiger partial charge in [-0.1, -0.05) is 25.5 Å². The minimum absolute atomic E-state index is 0. The molecule has 0 amide bonds. The van der Waals surface area contributed by atoms with E-state index < -0.39 is 10.8 Å². The van der Waals surface area contributed by atoms with Gasteiger partial charge in [0.1, 0.15) is 0 Å². The van der Waals surface area contributed by atoms with Crippen LogP contribution in [0.4, 0.5) is 0 Å². The Morgan fingerprint density at radius 1 is 1.29 bits per heavy atom. The summed E-state index contributed by atoms with van der Waals surface area (Å²) in [5, 5.41) is 7.12. The van der Waals surface area contributed by atoms with Crippen LogP contribution in [0, 0.1) is 0 Å². The van der Waals surface area contributed by atoms with E-state index in [9.17, 15) is 9.00 Å². The number of aliphatic imine (C=N–C) groups is 1. The maximum atomic E-state index is 12.1. The third-order valence-corrected chi connectivity index (χ3v) is 6.67. The Bertz CT molecular complexity index is 667. The molecule has 8 heteroatoms. The van der Waals surface area contributed by atoms with Gasteiger partial charge < -0.3 is 15.4 Å². The third kappa shape index (κ3) is 7.69. The first kappa shape index (κ1) is 24.9. The molecule has 1 aliphatic rings. The molecule has 0 spiro atoms. The van der Waals surface area contributed by atoms with E-state index in [1.807, 2.05) is 19.1 Å². The van der Waals surface area contributed by atoms with Gasteiger partial charge >= 0.3 is 5.97 Å². The van der Waals surface area contributed by atoms with Crippen LogP contribution >= 0.6 is 24.0 Å². The van der Waals surface area contributed by atoms with Crippen molar-refractivity contribution >= 4 is 46.7 Å². The number of carbonyl (C=O) groups is 1. The lowest BCUT2D eigenvalue weighted by molar-refractivity contribution is 0.0600. The van der Waals surface area contributed by atoms with Crippen molar-refractivity contribution in [3.63, 3.8) is 0 Å². The van der Waals surface area contributed by atoms with E-state index in [1.165, 1.54) is 7.11 Å². The quantitative estimate of drug-likeness (QED) is 0.250. The highest BCUT2D eigenvalue weighted by Gasteiger charge is 2.25. The number of ether oxygens (including phenoxy) is 1. The maximum Gasteiger partial charge on any atom is 0.337 e. The van der Waals surface area contributed by atoms with Crippen molar-refractivity contribution in [3.8, 4) is 0 Å². The van der Waals surface area contributed by atoms with Crippen molar-refractivity contribution in [2.75, 3.05) is 26.5 Å². The van der Waals surface area contributed by atoms with E-state index in [1.54, 1.807) is 19.2 Å². The number of rotatable bonds is 7. The van der Waals surface area contributed by atoms with Gasteiger partial charge in [0.05, 0.1) is 12.7 Å². The van der Waals surface area contributed by atoms with Crippen LogP contribution in [0.15, 0.2) is 29.3 Å². The van der Waals surface area contributed by atoms with E-state index in [0.29, 0.717) is 16.9 Å². The zero-order valence-corrected chi connectivity index (χ0v) is 20.0. The number of methoxy groups -OCH3 is 1. The molecule has 2 N–H and O–H groups in total. The van der Waals surface area contributed by atoms with Gasteiger partial charge in [-0.05, 0) is 43.4 Å². The van der Waals surface area contributed by atoms with Crippen LogP contribution in [0.1, 0.15) is 48.5 Å². The molecule has 1 aliphatic carbocycles. The van der Waals surface area contributed by atoms with Gasteiger partial charge in [0.15, 0.2) is 5.96 Å². The van der Waals surface area contributed by atoms with Crippen LogP contribution in [0.3, 0.4) is 0 Å². The summed E-state index contributed by atoms with van der Waals surface area (Å²) in [4.78, 5) is 15.8. The fourth-order valence-corrected chi connectivity index (χ4v) is 4.74. The molecule has 1 fully saturated rings. The number of hydrogen-bond acceptors (Lipinski definition) is 4. The van der Waals surface area contributed by atoms with Crippen LogP contribution in [-0.2, 0) is 22.0 Å². The summed E-state index contributed by atoms with van der Waals surface area (Å²) in [5.74, 6) is 1.20. The lowest BCUT2D eigenvalue weighted by atomic mass is 9.95. The summed E-state index contributed by atoms with van der Waals surface area (Å²) in [6, 6.07) is 7.77. The summed E-state index contributed by atoms with van der Waals surface area (Å²) in [7, 11) is 2.43. The molecule has 0 saturated heterocycles. The SMILES string of the molecule is CCS(=O)C1CCCC(NC(=NC)NCCc2ccc(C(=O)OC)cc2)C1.I. The number of esters is 1. The van der Waals surface area contributed by atoms with Crippen molar-refractivity contribution in [3.05, 3.63) is 35.4 Å². The van der Waals surface area contributed by atoms with Crippen molar-refractivity contribution in [2.24, 2.45) is 4.99 Å². The minimum Gasteiger partial charge on any atom is -0.465 e. The molecule has 3 unspecified atom stereocenters. The summed E-state index contributed by atoms with van der Waals surface area (Å²) in [5.41, 5.74) is 1.70. The van der Waals surface area contributed by atoms with E-state index in [0.717, 1.165) is 55.9 Å². The Kier molecular flexibility index (Phi) is 11.7. The highest BCUT2D eigenvalue weighted by atomic mass is 127. The average Bonchev–Trinajstić information content (AvgIpc) is 2.72. The number of benzene rings is 1. The number of carbonyl (C=O) groups excluding carboxylic acids is 1. The smallest absolute Gasteiger partial charge is 0.337 e. The Labute approximate surface area is 187 Å². The number of nitrogens with one attached hydrogen (secondary N) is 2. The Hall–Kier alpha value is -1.16. The Balaban J connectivity index is 0.00000392. The molecule has 1 aromatic carbocycles. The second-order valence-corrected chi connectivity index (χ2v) is 8.74. The maximum absolute atomic E-state index is 12.1. The monoisotopic (exact) mass is 521 g/mol. The van der Waals surface area contributed by atoms with Crippen molar-refractivity contribution in [1.82, 2.24) is 10.6 Å².